The van der Waals surface area contributed by atoms with Crippen LogP contribution in [0.1, 0.15) is 59.8 Å². The van der Waals surface area contributed by atoms with E-state index in [0.717, 1.165) is 12.0 Å². The first-order valence-corrected chi connectivity index (χ1v) is 7.77. The molecule has 2 nitrogen and oxygen atoms in total. The third-order valence-electron chi connectivity index (χ3n) is 5.12. The fraction of sp³-hybridized carbons (Fsp3) is 1.00. The van der Waals surface area contributed by atoms with Crippen molar-refractivity contribution in [2.75, 3.05) is 20.6 Å². The fourth-order valence-corrected chi connectivity index (χ4v) is 3.12. The highest BCUT2D eigenvalue weighted by Gasteiger charge is 2.29. The minimum atomic E-state index is 0.580. The van der Waals surface area contributed by atoms with Crippen LogP contribution in [0.25, 0.3) is 0 Å². The smallest absolute Gasteiger partial charge is 0.0217 e. The van der Waals surface area contributed by atoms with Crippen LogP contribution in [0.3, 0.4) is 0 Å². The summed E-state index contributed by atoms with van der Waals surface area (Å²) in [5, 5.41) is 3.50. The van der Waals surface area contributed by atoms with Gasteiger partial charge in [0, 0.05) is 18.6 Å². The molecule has 0 aromatic carbocycles. The molecule has 2 atom stereocenters. The first-order chi connectivity index (χ1) is 8.39. The molecule has 1 saturated carbocycles. The van der Waals surface area contributed by atoms with Crippen molar-refractivity contribution in [3.63, 3.8) is 0 Å². The normalized spacial score (nSPS) is 24.2. The van der Waals surface area contributed by atoms with Crippen molar-refractivity contribution < 1.29 is 0 Å². The molecule has 0 aromatic heterocycles. The summed E-state index contributed by atoms with van der Waals surface area (Å²) in [6.07, 6.45) is 6.78. The van der Waals surface area contributed by atoms with Crippen molar-refractivity contribution in [2.24, 2.45) is 11.3 Å². The first-order valence-electron chi connectivity index (χ1n) is 7.77. The van der Waals surface area contributed by atoms with Crippen molar-refractivity contribution in [3.05, 3.63) is 0 Å². The summed E-state index contributed by atoms with van der Waals surface area (Å²) >= 11 is 0. The molecule has 1 fully saturated rings. The molecular formula is C16H34N2. The fourth-order valence-electron chi connectivity index (χ4n) is 3.12. The molecule has 0 amide bonds. The number of rotatable bonds is 6. The molecule has 2 unspecified atom stereocenters. The maximum Gasteiger partial charge on any atom is 0.0217 e. The highest BCUT2D eigenvalue weighted by molar-refractivity contribution is 4.85. The predicted octanol–water partition coefficient (Wildman–Crippen LogP) is 3.52. The van der Waals surface area contributed by atoms with Gasteiger partial charge in [-0.3, -0.25) is 0 Å². The number of nitrogens with one attached hydrogen (secondary N) is 1. The van der Waals surface area contributed by atoms with Crippen LogP contribution >= 0.6 is 0 Å². The van der Waals surface area contributed by atoms with E-state index in [1.54, 1.807) is 0 Å². The van der Waals surface area contributed by atoms with Crippen LogP contribution in [-0.4, -0.2) is 37.6 Å². The molecule has 0 heterocycles. The number of nitrogens with zero attached hydrogens (tertiary/aromatic N) is 1. The lowest BCUT2D eigenvalue weighted by molar-refractivity contribution is 0.113. The molecule has 0 saturated heterocycles. The summed E-state index contributed by atoms with van der Waals surface area (Å²) in [6, 6.07) is 1.44. The second-order valence-corrected chi connectivity index (χ2v) is 7.12. The molecule has 1 rings (SSSR count). The van der Waals surface area contributed by atoms with Gasteiger partial charge in [0.25, 0.3) is 0 Å². The van der Waals surface area contributed by atoms with Crippen molar-refractivity contribution in [2.45, 2.75) is 71.9 Å². The Labute approximate surface area is 115 Å². The van der Waals surface area contributed by atoms with Crippen molar-refractivity contribution in [1.29, 1.82) is 0 Å². The molecule has 0 aromatic rings. The summed E-state index contributed by atoms with van der Waals surface area (Å²) in [5.41, 5.74) is 0.580. The standard InChI is InChI=1S/C16H34N2/c1-7-13(2)15(17-5)12-18(6)14-8-10-16(3,4)11-9-14/h13-15,17H,7-12H2,1-6H3. The molecule has 108 valence electrons. The van der Waals surface area contributed by atoms with E-state index in [1.807, 2.05) is 0 Å². The van der Waals surface area contributed by atoms with Crippen molar-refractivity contribution >= 4 is 0 Å². The highest BCUT2D eigenvalue weighted by Crippen LogP contribution is 2.36. The molecular weight excluding hydrogens is 220 g/mol. The SMILES string of the molecule is CCC(C)C(CN(C)C1CCC(C)(C)CC1)NC. The van der Waals surface area contributed by atoms with Gasteiger partial charge in [0.05, 0.1) is 0 Å². The molecule has 1 N–H and O–H groups in total. The molecule has 1 aliphatic carbocycles. The van der Waals surface area contributed by atoms with Gasteiger partial charge in [0.2, 0.25) is 0 Å². The lowest BCUT2D eigenvalue weighted by Gasteiger charge is -2.40. The second kappa shape index (κ2) is 6.91. The largest absolute Gasteiger partial charge is 0.315 e. The highest BCUT2D eigenvalue weighted by atomic mass is 15.2. The van der Waals surface area contributed by atoms with Gasteiger partial charge >= 0.3 is 0 Å². The first kappa shape index (κ1) is 16.0. The van der Waals surface area contributed by atoms with Crippen LogP contribution < -0.4 is 5.32 Å². The Bertz CT molecular complexity index is 227. The molecule has 0 bridgehead atoms. The lowest BCUT2D eigenvalue weighted by atomic mass is 9.75. The van der Waals surface area contributed by atoms with Crippen LogP contribution in [-0.2, 0) is 0 Å². The van der Waals surface area contributed by atoms with Crippen LogP contribution in [0, 0.1) is 11.3 Å². The van der Waals surface area contributed by atoms with Crippen molar-refractivity contribution in [1.82, 2.24) is 10.2 Å². The van der Waals surface area contributed by atoms with E-state index in [9.17, 15) is 0 Å². The predicted molar refractivity (Wildman–Crippen MR) is 81.0 cm³/mol. The van der Waals surface area contributed by atoms with Crippen LogP contribution in [0.15, 0.2) is 0 Å². The second-order valence-electron chi connectivity index (χ2n) is 7.12. The van der Waals surface area contributed by atoms with E-state index in [2.05, 4.69) is 52.0 Å². The van der Waals surface area contributed by atoms with Gasteiger partial charge in [-0.05, 0) is 51.1 Å². The van der Waals surface area contributed by atoms with E-state index in [0.29, 0.717) is 11.5 Å². The Morgan fingerprint density at radius 2 is 1.83 bits per heavy atom. The van der Waals surface area contributed by atoms with Gasteiger partial charge in [-0.15, -0.1) is 0 Å². The van der Waals surface area contributed by atoms with Gasteiger partial charge in [-0.1, -0.05) is 34.1 Å². The van der Waals surface area contributed by atoms with E-state index < -0.39 is 0 Å². The van der Waals surface area contributed by atoms with Gasteiger partial charge < -0.3 is 10.2 Å². The minimum Gasteiger partial charge on any atom is -0.315 e. The van der Waals surface area contributed by atoms with Gasteiger partial charge in [-0.2, -0.15) is 0 Å². The molecule has 0 spiro atoms. The van der Waals surface area contributed by atoms with Gasteiger partial charge in [-0.25, -0.2) is 0 Å². The lowest BCUT2D eigenvalue weighted by Crippen LogP contribution is -2.46. The average molecular weight is 254 g/mol. The third kappa shape index (κ3) is 4.55. The topological polar surface area (TPSA) is 15.3 Å². The zero-order chi connectivity index (χ0) is 13.8. The summed E-state index contributed by atoms with van der Waals surface area (Å²) in [6.45, 7) is 10.7. The Kier molecular flexibility index (Phi) is 6.13. The number of hydrogen-bond donors (Lipinski definition) is 1. The molecule has 18 heavy (non-hydrogen) atoms. The monoisotopic (exact) mass is 254 g/mol. The summed E-state index contributed by atoms with van der Waals surface area (Å²) < 4.78 is 0. The van der Waals surface area contributed by atoms with E-state index >= 15 is 0 Å². The summed E-state index contributed by atoms with van der Waals surface area (Å²) in [4.78, 5) is 2.60. The van der Waals surface area contributed by atoms with E-state index in [-0.39, 0.29) is 0 Å². The quantitative estimate of drug-likeness (QED) is 0.780. The Hall–Kier alpha value is -0.0800. The van der Waals surface area contributed by atoms with E-state index in [1.165, 1.54) is 38.6 Å². The summed E-state index contributed by atoms with van der Waals surface area (Å²) in [5.74, 6) is 0.762. The van der Waals surface area contributed by atoms with Crippen LogP contribution in [0.5, 0.6) is 0 Å². The van der Waals surface area contributed by atoms with Gasteiger partial charge in [0.1, 0.15) is 0 Å². The molecule has 0 radical (unpaired) electrons. The van der Waals surface area contributed by atoms with Crippen LogP contribution in [0.4, 0.5) is 0 Å². The molecule has 1 aliphatic rings. The number of likely N-dealkylation sites (N-methyl/N-ethyl adjacent to an activating group) is 2. The molecule has 2 heteroatoms. The van der Waals surface area contributed by atoms with E-state index in [4.69, 9.17) is 0 Å². The van der Waals surface area contributed by atoms with Gasteiger partial charge in [0.15, 0.2) is 0 Å². The Balaban J connectivity index is 2.43. The Morgan fingerprint density at radius 1 is 1.28 bits per heavy atom. The summed E-state index contributed by atoms with van der Waals surface area (Å²) in [7, 11) is 4.42. The zero-order valence-corrected chi connectivity index (χ0v) is 13.4. The number of hydrogen-bond acceptors (Lipinski definition) is 2. The average Bonchev–Trinajstić information content (AvgIpc) is 2.34. The van der Waals surface area contributed by atoms with Crippen LogP contribution in [0.2, 0.25) is 0 Å². The molecule has 0 aliphatic heterocycles. The zero-order valence-electron chi connectivity index (χ0n) is 13.4. The third-order valence-corrected chi connectivity index (χ3v) is 5.12. The minimum absolute atomic E-state index is 0.580. The Morgan fingerprint density at radius 3 is 2.28 bits per heavy atom. The maximum atomic E-state index is 3.50. The maximum absolute atomic E-state index is 3.50. The van der Waals surface area contributed by atoms with Crippen molar-refractivity contribution in [3.8, 4) is 0 Å².